The van der Waals surface area contributed by atoms with E-state index in [-0.39, 0.29) is 0 Å². The Morgan fingerprint density at radius 2 is 2.18 bits per heavy atom. The molecule has 0 aliphatic carbocycles. The number of hydrogen-bond donors (Lipinski definition) is 1. The van der Waals surface area contributed by atoms with Crippen LogP contribution in [0, 0.1) is 17.2 Å². The highest BCUT2D eigenvalue weighted by Crippen LogP contribution is 2.23. The maximum atomic E-state index is 8.82. The zero-order chi connectivity index (χ0) is 12.1. The van der Waals surface area contributed by atoms with E-state index in [2.05, 4.69) is 27.3 Å². The SMILES string of the molecule is N#Cc1ccc(OCC2CCNCC2)cc1Br. The van der Waals surface area contributed by atoms with Crippen LogP contribution in [0.25, 0.3) is 0 Å². The Morgan fingerprint density at radius 3 is 2.82 bits per heavy atom. The van der Waals surface area contributed by atoms with E-state index < -0.39 is 0 Å². The molecule has 1 aromatic rings. The monoisotopic (exact) mass is 294 g/mol. The lowest BCUT2D eigenvalue weighted by Crippen LogP contribution is -2.30. The summed E-state index contributed by atoms with van der Waals surface area (Å²) in [6, 6.07) is 7.61. The third-order valence-corrected chi connectivity index (χ3v) is 3.66. The Bertz CT molecular complexity index is 422. The maximum absolute atomic E-state index is 8.82. The van der Waals surface area contributed by atoms with Crippen LogP contribution in [0.15, 0.2) is 22.7 Å². The summed E-state index contributed by atoms with van der Waals surface area (Å²) in [5, 5.41) is 12.2. The minimum atomic E-state index is 0.638. The van der Waals surface area contributed by atoms with Gasteiger partial charge in [0.25, 0.3) is 0 Å². The summed E-state index contributed by atoms with van der Waals surface area (Å²) in [5.74, 6) is 1.47. The molecule has 4 heteroatoms. The number of ether oxygens (including phenoxy) is 1. The first-order chi connectivity index (χ1) is 8.29. The summed E-state index contributed by atoms with van der Waals surface area (Å²) < 4.78 is 6.55. The van der Waals surface area contributed by atoms with E-state index >= 15 is 0 Å². The van der Waals surface area contributed by atoms with Gasteiger partial charge < -0.3 is 10.1 Å². The van der Waals surface area contributed by atoms with Crippen molar-refractivity contribution < 1.29 is 4.74 Å². The fraction of sp³-hybridized carbons (Fsp3) is 0.462. The van der Waals surface area contributed by atoms with Crippen molar-refractivity contribution in [1.82, 2.24) is 5.32 Å². The molecule has 2 rings (SSSR count). The summed E-state index contributed by atoms with van der Waals surface area (Å²) >= 11 is 3.36. The van der Waals surface area contributed by atoms with E-state index in [0.29, 0.717) is 11.5 Å². The second-order valence-corrected chi connectivity index (χ2v) is 5.11. The lowest BCUT2D eigenvalue weighted by Gasteiger charge is -2.22. The molecule has 1 heterocycles. The topological polar surface area (TPSA) is 45.0 Å². The van der Waals surface area contributed by atoms with Gasteiger partial charge >= 0.3 is 0 Å². The molecule has 1 saturated heterocycles. The number of benzene rings is 1. The minimum absolute atomic E-state index is 0.638. The molecule has 1 aliphatic heterocycles. The van der Waals surface area contributed by atoms with Crippen molar-refractivity contribution in [3.63, 3.8) is 0 Å². The predicted octanol–water partition coefficient (Wildman–Crippen LogP) is 2.70. The van der Waals surface area contributed by atoms with Crippen molar-refractivity contribution >= 4 is 15.9 Å². The number of nitrogens with one attached hydrogen (secondary N) is 1. The Labute approximate surface area is 110 Å². The number of nitriles is 1. The Morgan fingerprint density at radius 1 is 1.41 bits per heavy atom. The van der Waals surface area contributed by atoms with Gasteiger partial charge in [-0.1, -0.05) is 0 Å². The van der Waals surface area contributed by atoms with E-state index in [9.17, 15) is 0 Å². The highest BCUT2D eigenvalue weighted by atomic mass is 79.9. The lowest BCUT2D eigenvalue weighted by atomic mass is 9.99. The highest BCUT2D eigenvalue weighted by molar-refractivity contribution is 9.10. The molecule has 90 valence electrons. The Balaban J connectivity index is 1.90. The molecular formula is C13H15BrN2O. The number of halogens is 1. The second-order valence-electron chi connectivity index (χ2n) is 4.26. The number of piperidine rings is 1. The summed E-state index contributed by atoms with van der Waals surface area (Å²) in [5.41, 5.74) is 0.638. The van der Waals surface area contributed by atoms with Crippen molar-refractivity contribution in [2.75, 3.05) is 19.7 Å². The molecule has 0 atom stereocenters. The fourth-order valence-electron chi connectivity index (χ4n) is 1.94. The van der Waals surface area contributed by atoms with Crippen LogP contribution in [-0.4, -0.2) is 19.7 Å². The zero-order valence-electron chi connectivity index (χ0n) is 9.58. The molecule has 0 radical (unpaired) electrons. The lowest BCUT2D eigenvalue weighted by molar-refractivity contribution is 0.215. The highest BCUT2D eigenvalue weighted by Gasteiger charge is 2.13. The molecule has 0 amide bonds. The van der Waals surface area contributed by atoms with Crippen molar-refractivity contribution in [2.45, 2.75) is 12.8 Å². The van der Waals surface area contributed by atoms with Gasteiger partial charge in [-0.3, -0.25) is 0 Å². The molecule has 1 N–H and O–H groups in total. The molecule has 0 unspecified atom stereocenters. The first-order valence-corrected chi connectivity index (χ1v) is 6.62. The molecule has 17 heavy (non-hydrogen) atoms. The second kappa shape index (κ2) is 6.04. The van der Waals surface area contributed by atoms with Crippen molar-refractivity contribution in [3.05, 3.63) is 28.2 Å². The number of nitrogens with zero attached hydrogens (tertiary/aromatic N) is 1. The van der Waals surface area contributed by atoms with Crippen molar-refractivity contribution in [3.8, 4) is 11.8 Å². The molecular weight excluding hydrogens is 280 g/mol. The van der Waals surface area contributed by atoms with E-state index in [1.807, 2.05) is 12.1 Å². The molecule has 0 spiro atoms. The van der Waals surface area contributed by atoms with Crippen LogP contribution in [0.1, 0.15) is 18.4 Å². The first-order valence-electron chi connectivity index (χ1n) is 5.83. The van der Waals surface area contributed by atoms with E-state index in [4.69, 9.17) is 10.00 Å². The van der Waals surface area contributed by atoms with Gasteiger partial charge in [-0.25, -0.2) is 0 Å². The fourth-order valence-corrected chi connectivity index (χ4v) is 2.39. The smallest absolute Gasteiger partial charge is 0.120 e. The van der Waals surface area contributed by atoms with E-state index in [1.54, 1.807) is 6.07 Å². The van der Waals surface area contributed by atoms with Gasteiger partial charge in [0, 0.05) is 4.47 Å². The molecule has 0 bridgehead atoms. The van der Waals surface area contributed by atoms with Crippen LogP contribution in [0.5, 0.6) is 5.75 Å². The van der Waals surface area contributed by atoms with Gasteiger partial charge in [-0.2, -0.15) is 5.26 Å². The van der Waals surface area contributed by atoms with Crippen LogP contribution in [-0.2, 0) is 0 Å². The van der Waals surface area contributed by atoms with Crippen LogP contribution < -0.4 is 10.1 Å². The number of hydrogen-bond acceptors (Lipinski definition) is 3. The van der Waals surface area contributed by atoms with Gasteiger partial charge in [0.05, 0.1) is 12.2 Å². The van der Waals surface area contributed by atoms with Gasteiger partial charge in [0.1, 0.15) is 11.8 Å². The summed E-state index contributed by atoms with van der Waals surface area (Å²) in [6.45, 7) is 2.94. The molecule has 0 saturated carbocycles. The summed E-state index contributed by atoms with van der Waals surface area (Å²) in [6.07, 6.45) is 2.36. The van der Waals surface area contributed by atoms with Crippen LogP contribution in [0.3, 0.4) is 0 Å². The van der Waals surface area contributed by atoms with Crippen LogP contribution in [0.4, 0.5) is 0 Å². The molecule has 1 aromatic carbocycles. The molecule has 1 fully saturated rings. The third-order valence-electron chi connectivity index (χ3n) is 3.01. The van der Waals surface area contributed by atoms with Crippen molar-refractivity contribution in [2.24, 2.45) is 5.92 Å². The number of rotatable bonds is 3. The Hall–Kier alpha value is -1.05. The Kier molecular flexibility index (Phi) is 4.41. The minimum Gasteiger partial charge on any atom is -0.493 e. The van der Waals surface area contributed by atoms with Gasteiger partial charge in [-0.15, -0.1) is 0 Å². The molecule has 3 nitrogen and oxygen atoms in total. The average molecular weight is 295 g/mol. The van der Waals surface area contributed by atoms with E-state index in [1.165, 1.54) is 12.8 Å². The standard InChI is InChI=1S/C13H15BrN2O/c14-13-7-12(2-1-11(13)8-15)17-9-10-3-5-16-6-4-10/h1-2,7,10,16H,3-6,9H2. The summed E-state index contributed by atoms with van der Waals surface area (Å²) in [4.78, 5) is 0. The normalized spacial score (nSPS) is 16.5. The van der Waals surface area contributed by atoms with E-state index in [0.717, 1.165) is 29.9 Å². The largest absolute Gasteiger partial charge is 0.493 e. The van der Waals surface area contributed by atoms with Crippen LogP contribution in [0.2, 0.25) is 0 Å². The third kappa shape index (κ3) is 3.45. The molecule has 0 aromatic heterocycles. The average Bonchev–Trinajstić information content (AvgIpc) is 2.38. The van der Waals surface area contributed by atoms with Crippen LogP contribution >= 0.6 is 15.9 Å². The molecule has 1 aliphatic rings. The van der Waals surface area contributed by atoms with Crippen molar-refractivity contribution in [1.29, 1.82) is 5.26 Å². The summed E-state index contributed by atoms with van der Waals surface area (Å²) in [7, 11) is 0. The quantitative estimate of drug-likeness (QED) is 0.932. The van der Waals surface area contributed by atoms with Gasteiger partial charge in [-0.05, 0) is 66.0 Å². The van der Waals surface area contributed by atoms with Gasteiger partial charge in [0.2, 0.25) is 0 Å². The van der Waals surface area contributed by atoms with Gasteiger partial charge in [0.15, 0.2) is 0 Å². The first kappa shape index (κ1) is 12.4. The predicted molar refractivity (Wildman–Crippen MR) is 69.9 cm³/mol. The maximum Gasteiger partial charge on any atom is 0.120 e. The zero-order valence-corrected chi connectivity index (χ0v) is 11.2.